The predicted molar refractivity (Wildman–Crippen MR) is 97.1 cm³/mol. The van der Waals surface area contributed by atoms with Gasteiger partial charge in [0.1, 0.15) is 5.76 Å². The summed E-state index contributed by atoms with van der Waals surface area (Å²) in [5.41, 5.74) is 1.58. The number of amides is 1. The van der Waals surface area contributed by atoms with Gasteiger partial charge >= 0.3 is 5.97 Å². The van der Waals surface area contributed by atoms with Gasteiger partial charge in [0.15, 0.2) is 12.4 Å². The Bertz CT molecular complexity index is 982. The third-order valence-corrected chi connectivity index (χ3v) is 5.20. The lowest BCUT2D eigenvalue weighted by Gasteiger charge is -2.29. The summed E-state index contributed by atoms with van der Waals surface area (Å²) in [7, 11) is -3.37. The van der Waals surface area contributed by atoms with Gasteiger partial charge in [0.05, 0.1) is 17.5 Å². The van der Waals surface area contributed by atoms with Gasteiger partial charge in [-0.1, -0.05) is 5.16 Å². The van der Waals surface area contributed by atoms with Crippen LogP contribution in [0.5, 0.6) is 0 Å². The number of nitrogens with one attached hydrogen (secondary N) is 1. The molecule has 0 bridgehead atoms. The Hall–Kier alpha value is -2.88. The van der Waals surface area contributed by atoms with Crippen molar-refractivity contribution in [1.29, 1.82) is 0 Å². The third-order valence-electron chi connectivity index (χ3n) is 4.02. The molecule has 27 heavy (non-hydrogen) atoms. The molecule has 1 aromatic carbocycles. The normalized spacial score (nSPS) is 13.8. The zero-order valence-corrected chi connectivity index (χ0v) is 15.7. The van der Waals surface area contributed by atoms with Crippen LogP contribution in [0.25, 0.3) is 0 Å². The molecule has 144 valence electrons. The molecule has 2 heterocycles. The maximum Gasteiger partial charge on any atom is 0.338 e. The van der Waals surface area contributed by atoms with E-state index in [-0.39, 0.29) is 11.4 Å². The lowest BCUT2D eigenvalue weighted by Crippen LogP contribution is -2.34. The van der Waals surface area contributed by atoms with E-state index in [1.165, 1.54) is 16.4 Å². The maximum atomic E-state index is 12.2. The third kappa shape index (κ3) is 4.45. The number of hydrogen-bond acceptors (Lipinski definition) is 7. The second-order valence-electron chi connectivity index (χ2n) is 6.23. The predicted octanol–water partition coefficient (Wildman–Crippen LogP) is 1.49. The van der Waals surface area contributed by atoms with Gasteiger partial charge in [-0.15, -0.1) is 0 Å². The van der Waals surface area contributed by atoms with Crippen LogP contribution in [0.1, 0.15) is 28.1 Å². The molecule has 1 aliphatic heterocycles. The van der Waals surface area contributed by atoms with E-state index < -0.39 is 28.5 Å². The summed E-state index contributed by atoms with van der Waals surface area (Å²) in [4.78, 5) is 24.0. The molecule has 0 radical (unpaired) electrons. The highest BCUT2D eigenvalue weighted by Gasteiger charge is 2.25. The first-order valence-corrected chi connectivity index (χ1v) is 10.1. The number of aromatic nitrogens is 1. The molecule has 0 aliphatic carbocycles. The molecule has 0 fully saturated rings. The fourth-order valence-corrected chi connectivity index (χ4v) is 3.85. The van der Waals surface area contributed by atoms with Crippen LogP contribution < -0.4 is 9.62 Å². The van der Waals surface area contributed by atoms with Gasteiger partial charge in [-0.2, -0.15) is 0 Å². The highest BCUT2D eigenvalue weighted by Crippen LogP contribution is 2.30. The molecule has 10 heteroatoms. The Morgan fingerprint density at radius 1 is 1.33 bits per heavy atom. The zero-order chi connectivity index (χ0) is 19.6. The SMILES string of the molecule is Cc1cc(NC(=O)COC(=O)c2ccc3c(c2)CCCN3S(C)(=O)=O)no1. The minimum Gasteiger partial charge on any atom is -0.452 e. The summed E-state index contributed by atoms with van der Waals surface area (Å²) in [6, 6.07) is 6.22. The summed E-state index contributed by atoms with van der Waals surface area (Å²) in [5.74, 6) is -0.429. The van der Waals surface area contributed by atoms with E-state index in [0.29, 0.717) is 30.8 Å². The standard InChI is InChI=1S/C17H19N3O6S/c1-11-8-15(19-26-11)18-16(21)10-25-17(22)13-5-6-14-12(9-13)4-3-7-20(14)27(2,23)24/h5-6,8-9H,3-4,7,10H2,1-2H3,(H,18,19,21). The topological polar surface area (TPSA) is 119 Å². The molecule has 0 saturated carbocycles. The average molecular weight is 393 g/mol. The summed E-state index contributed by atoms with van der Waals surface area (Å²) >= 11 is 0. The molecule has 9 nitrogen and oxygen atoms in total. The lowest BCUT2D eigenvalue weighted by atomic mass is 10.0. The van der Waals surface area contributed by atoms with Crippen LogP contribution in [0, 0.1) is 6.92 Å². The van der Waals surface area contributed by atoms with Crippen molar-refractivity contribution in [2.24, 2.45) is 0 Å². The highest BCUT2D eigenvalue weighted by atomic mass is 32.2. The number of nitrogens with zero attached hydrogens (tertiary/aromatic N) is 2. The summed E-state index contributed by atoms with van der Waals surface area (Å²) < 4.78 is 34.9. The number of carbonyl (C=O) groups excluding carboxylic acids is 2. The molecule has 3 rings (SSSR count). The van der Waals surface area contributed by atoms with E-state index in [2.05, 4.69) is 10.5 Å². The van der Waals surface area contributed by atoms with Crippen LogP contribution in [0.15, 0.2) is 28.8 Å². The lowest BCUT2D eigenvalue weighted by molar-refractivity contribution is -0.119. The van der Waals surface area contributed by atoms with Gasteiger partial charge in [0.2, 0.25) is 10.0 Å². The summed E-state index contributed by atoms with van der Waals surface area (Å²) in [6.45, 7) is 1.62. The van der Waals surface area contributed by atoms with E-state index in [1.807, 2.05) is 0 Å². The molecule has 1 aliphatic rings. The van der Waals surface area contributed by atoms with Gasteiger partial charge in [-0.3, -0.25) is 9.10 Å². The van der Waals surface area contributed by atoms with Gasteiger partial charge in [-0.25, -0.2) is 13.2 Å². The highest BCUT2D eigenvalue weighted by molar-refractivity contribution is 7.92. The fraction of sp³-hybridized carbons (Fsp3) is 0.353. The molecule has 2 aromatic rings. The number of aryl methyl sites for hydroxylation is 2. The molecule has 0 atom stereocenters. The van der Waals surface area contributed by atoms with Crippen LogP contribution >= 0.6 is 0 Å². The van der Waals surface area contributed by atoms with Crippen molar-refractivity contribution in [3.8, 4) is 0 Å². The Morgan fingerprint density at radius 3 is 2.78 bits per heavy atom. The number of esters is 1. The number of anilines is 2. The molecule has 0 spiro atoms. The number of hydrogen-bond donors (Lipinski definition) is 1. The first-order chi connectivity index (χ1) is 12.7. The van der Waals surface area contributed by atoms with Crippen molar-refractivity contribution in [2.75, 3.05) is 29.0 Å². The van der Waals surface area contributed by atoms with Crippen molar-refractivity contribution in [3.63, 3.8) is 0 Å². The smallest absolute Gasteiger partial charge is 0.338 e. The van der Waals surface area contributed by atoms with E-state index in [9.17, 15) is 18.0 Å². The van der Waals surface area contributed by atoms with E-state index in [4.69, 9.17) is 9.26 Å². The molecular formula is C17H19N3O6S. The van der Waals surface area contributed by atoms with E-state index >= 15 is 0 Å². The Balaban J connectivity index is 1.64. The second-order valence-corrected chi connectivity index (χ2v) is 8.14. The Morgan fingerprint density at radius 2 is 2.11 bits per heavy atom. The summed E-state index contributed by atoms with van der Waals surface area (Å²) in [5, 5.41) is 6.06. The minimum atomic E-state index is -3.37. The molecule has 1 aromatic heterocycles. The van der Waals surface area contributed by atoms with Crippen LogP contribution in [0.4, 0.5) is 11.5 Å². The molecule has 1 N–H and O–H groups in total. The first-order valence-electron chi connectivity index (χ1n) is 8.25. The monoisotopic (exact) mass is 393 g/mol. The van der Waals surface area contributed by atoms with Gasteiger partial charge in [0, 0.05) is 12.6 Å². The Labute approximate surface area is 156 Å². The quantitative estimate of drug-likeness (QED) is 0.764. The van der Waals surface area contributed by atoms with E-state index in [1.54, 1.807) is 19.1 Å². The molecule has 1 amide bonds. The second kappa shape index (κ2) is 7.39. The molecule has 0 saturated heterocycles. The number of carbonyl (C=O) groups is 2. The molecule has 0 unspecified atom stereocenters. The van der Waals surface area contributed by atoms with Crippen molar-refractivity contribution < 1.29 is 27.3 Å². The van der Waals surface area contributed by atoms with Gasteiger partial charge in [-0.05, 0) is 43.5 Å². The van der Waals surface area contributed by atoms with Gasteiger partial charge < -0.3 is 14.6 Å². The fourth-order valence-electron chi connectivity index (χ4n) is 2.85. The first kappa shape index (κ1) is 18.9. The molecular weight excluding hydrogens is 374 g/mol. The van der Waals surface area contributed by atoms with Gasteiger partial charge in [0.25, 0.3) is 5.91 Å². The van der Waals surface area contributed by atoms with Crippen LogP contribution in [-0.2, 0) is 26.0 Å². The number of fused-ring (bicyclic) bond motifs is 1. The number of ether oxygens (including phenoxy) is 1. The Kier molecular flexibility index (Phi) is 5.17. The van der Waals surface area contributed by atoms with Crippen LogP contribution in [-0.4, -0.2) is 44.9 Å². The zero-order valence-electron chi connectivity index (χ0n) is 14.9. The number of benzene rings is 1. The number of sulfonamides is 1. The number of rotatable bonds is 5. The van der Waals surface area contributed by atoms with Crippen molar-refractivity contribution in [3.05, 3.63) is 41.2 Å². The average Bonchev–Trinajstić information content (AvgIpc) is 3.02. The van der Waals surface area contributed by atoms with Crippen molar-refractivity contribution in [2.45, 2.75) is 19.8 Å². The minimum absolute atomic E-state index is 0.239. The van der Waals surface area contributed by atoms with Crippen molar-refractivity contribution >= 4 is 33.4 Å². The van der Waals surface area contributed by atoms with Crippen LogP contribution in [0.3, 0.4) is 0 Å². The van der Waals surface area contributed by atoms with Crippen molar-refractivity contribution in [1.82, 2.24) is 5.16 Å². The van der Waals surface area contributed by atoms with Crippen LogP contribution in [0.2, 0.25) is 0 Å². The maximum absolute atomic E-state index is 12.2. The largest absolute Gasteiger partial charge is 0.452 e. The summed E-state index contributed by atoms with van der Waals surface area (Å²) in [6.07, 6.45) is 2.48. The van der Waals surface area contributed by atoms with E-state index in [0.717, 1.165) is 11.8 Å².